The molecule has 0 bridgehead atoms. The normalized spacial score (nSPS) is 23.6. The number of methoxy groups -OCH3 is 1. The van der Waals surface area contributed by atoms with E-state index in [1.807, 2.05) is 24.3 Å². The van der Waals surface area contributed by atoms with Crippen LogP contribution in [0.3, 0.4) is 0 Å². The maximum Gasteiger partial charge on any atom is 0.303 e. The number of rotatable bonds is 9. The van der Waals surface area contributed by atoms with E-state index in [1.165, 1.54) is 6.92 Å². The molecule has 158 valence electrons. The van der Waals surface area contributed by atoms with E-state index >= 15 is 0 Å². The number of hydrogen-bond donors (Lipinski definition) is 2. The minimum Gasteiger partial charge on any atom is -0.497 e. The summed E-state index contributed by atoms with van der Waals surface area (Å²) in [5.74, 6) is -0.457. The lowest BCUT2D eigenvalue weighted by Gasteiger charge is -2.38. The average molecular weight is 408 g/mol. The lowest BCUT2D eigenvalue weighted by molar-refractivity contribution is -0.148. The molecular formula is C18H24N4O7. The molecule has 11 heteroatoms. The van der Waals surface area contributed by atoms with E-state index in [-0.39, 0.29) is 13.2 Å². The Morgan fingerprint density at radius 3 is 2.72 bits per heavy atom. The van der Waals surface area contributed by atoms with Gasteiger partial charge in [-0.2, -0.15) is 0 Å². The molecule has 0 spiro atoms. The molecule has 0 radical (unpaired) electrons. The fourth-order valence-corrected chi connectivity index (χ4v) is 2.79. The number of carbonyl (C=O) groups excluding carboxylic acids is 2. The van der Waals surface area contributed by atoms with Gasteiger partial charge in [-0.25, -0.2) is 0 Å². The molecule has 4 unspecified atom stereocenters. The number of nitrogens with zero attached hydrogens (tertiary/aromatic N) is 3. The molecule has 1 heterocycles. The van der Waals surface area contributed by atoms with Gasteiger partial charge in [0.05, 0.1) is 51.2 Å². The number of azide groups is 1. The van der Waals surface area contributed by atoms with Crippen molar-refractivity contribution < 1.29 is 33.6 Å². The second kappa shape index (κ2) is 11.2. The predicted molar refractivity (Wildman–Crippen MR) is 99.9 cm³/mol. The first-order valence-corrected chi connectivity index (χ1v) is 8.92. The van der Waals surface area contributed by atoms with Crippen molar-refractivity contribution in [2.24, 2.45) is 5.11 Å². The quantitative estimate of drug-likeness (QED) is 0.264. The Bertz CT molecular complexity index is 736. The summed E-state index contributed by atoms with van der Waals surface area (Å²) in [7, 11) is 1.58. The number of amides is 1. The Labute approximate surface area is 167 Å². The first-order chi connectivity index (χ1) is 13.9. The number of esters is 1. The van der Waals surface area contributed by atoms with E-state index < -0.39 is 42.8 Å². The summed E-state index contributed by atoms with van der Waals surface area (Å²) in [6, 6.07) is 5.57. The van der Waals surface area contributed by atoms with Gasteiger partial charge in [0.15, 0.2) is 6.61 Å². The lowest BCUT2D eigenvalue weighted by Crippen LogP contribution is -2.59. The van der Waals surface area contributed by atoms with Crippen LogP contribution < -0.4 is 10.1 Å². The zero-order valence-electron chi connectivity index (χ0n) is 16.2. The second-order valence-electron chi connectivity index (χ2n) is 6.38. The van der Waals surface area contributed by atoms with Gasteiger partial charge in [0.1, 0.15) is 5.75 Å². The number of hydrogen-bond acceptors (Lipinski definition) is 8. The highest BCUT2D eigenvalue weighted by molar-refractivity contribution is 5.80. The van der Waals surface area contributed by atoms with Crippen molar-refractivity contribution in [1.29, 1.82) is 0 Å². The Morgan fingerprint density at radius 1 is 1.38 bits per heavy atom. The van der Waals surface area contributed by atoms with Gasteiger partial charge in [0.2, 0.25) is 0 Å². The Balaban J connectivity index is 1.88. The molecule has 4 atom stereocenters. The third-order valence-electron chi connectivity index (χ3n) is 4.28. The van der Waals surface area contributed by atoms with Gasteiger partial charge >= 0.3 is 5.97 Å². The second-order valence-corrected chi connectivity index (χ2v) is 6.38. The summed E-state index contributed by atoms with van der Waals surface area (Å²) in [4.78, 5) is 25.3. The smallest absolute Gasteiger partial charge is 0.303 e. The van der Waals surface area contributed by atoms with Gasteiger partial charge in [-0.05, 0) is 23.2 Å². The van der Waals surface area contributed by atoms with Crippen LogP contribution in [0, 0.1) is 0 Å². The summed E-state index contributed by atoms with van der Waals surface area (Å²) >= 11 is 0. The number of benzene rings is 1. The molecule has 2 rings (SSSR count). The van der Waals surface area contributed by atoms with Crippen molar-refractivity contribution in [3.8, 4) is 5.75 Å². The first kappa shape index (κ1) is 22.4. The Hall–Kier alpha value is -2.85. The Kier molecular flexibility index (Phi) is 8.68. The van der Waals surface area contributed by atoms with Gasteiger partial charge in [-0.1, -0.05) is 17.2 Å². The van der Waals surface area contributed by atoms with Gasteiger partial charge in [-0.3, -0.25) is 9.59 Å². The van der Waals surface area contributed by atoms with Crippen LogP contribution in [0.1, 0.15) is 12.5 Å². The van der Waals surface area contributed by atoms with Crippen LogP contribution in [0.25, 0.3) is 10.4 Å². The molecule has 0 aromatic heterocycles. The van der Waals surface area contributed by atoms with E-state index in [4.69, 9.17) is 19.7 Å². The standard InChI is InChI=1S/C18H24N4O7/c1-11(23)28-10-16(24)20-14-8-29-15(17(18(14)25)21-22-19)9-27-7-12-3-5-13(26-2)6-4-12/h3-6,14-15,17-18,25H,7-10H2,1-2H3,(H,20,24). The maximum atomic E-state index is 11.8. The highest BCUT2D eigenvalue weighted by Gasteiger charge is 2.39. The fourth-order valence-electron chi connectivity index (χ4n) is 2.79. The highest BCUT2D eigenvalue weighted by atomic mass is 16.5. The first-order valence-electron chi connectivity index (χ1n) is 8.92. The van der Waals surface area contributed by atoms with E-state index in [0.29, 0.717) is 6.61 Å². The molecular weight excluding hydrogens is 384 g/mol. The van der Waals surface area contributed by atoms with Gasteiger partial charge in [0, 0.05) is 11.8 Å². The molecule has 1 fully saturated rings. The van der Waals surface area contributed by atoms with Crippen LogP contribution in [-0.2, 0) is 30.4 Å². The highest BCUT2D eigenvalue weighted by Crippen LogP contribution is 2.20. The van der Waals surface area contributed by atoms with Crippen molar-refractivity contribution in [1.82, 2.24) is 5.32 Å². The minimum atomic E-state index is -1.18. The van der Waals surface area contributed by atoms with E-state index in [2.05, 4.69) is 20.1 Å². The fraction of sp³-hybridized carbons (Fsp3) is 0.556. The van der Waals surface area contributed by atoms with Crippen molar-refractivity contribution in [2.45, 2.75) is 37.8 Å². The molecule has 1 amide bonds. The van der Waals surface area contributed by atoms with Crippen molar-refractivity contribution in [3.63, 3.8) is 0 Å². The molecule has 1 aliphatic rings. The van der Waals surface area contributed by atoms with Crippen LogP contribution >= 0.6 is 0 Å². The number of aliphatic hydroxyl groups excluding tert-OH is 1. The van der Waals surface area contributed by atoms with Crippen LogP contribution in [0.4, 0.5) is 0 Å². The zero-order valence-corrected chi connectivity index (χ0v) is 16.2. The molecule has 1 saturated heterocycles. The Morgan fingerprint density at radius 2 is 2.10 bits per heavy atom. The molecule has 0 aliphatic carbocycles. The number of carbonyl (C=O) groups is 2. The molecule has 11 nitrogen and oxygen atoms in total. The monoisotopic (exact) mass is 408 g/mol. The summed E-state index contributed by atoms with van der Waals surface area (Å²) in [5, 5.41) is 16.6. The lowest BCUT2D eigenvalue weighted by atomic mass is 9.96. The molecule has 1 aliphatic heterocycles. The van der Waals surface area contributed by atoms with Crippen LogP contribution in [0.2, 0.25) is 0 Å². The van der Waals surface area contributed by atoms with Crippen molar-refractivity contribution in [2.75, 3.05) is 26.9 Å². The van der Waals surface area contributed by atoms with E-state index in [9.17, 15) is 14.7 Å². The summed E-state index contributed by atoms with van der Waals surface area (Å²) in [6.07, 6.45) is -1.86. The summed E-state index contributed by atoms with van der Waals surface area (Å²) in [6.45, 7) is 1.08. The number of ether oxygens (including phenoxy) is 4. The molecule has 29 heavy (non-hydrogen) atoms. The van der Waals surface area contributed by atoms with Crippen LogP contribution in [0.15, 0.2) is 29.4 Å². The van der Waals surface area contributed by atoms with Crippen LogP contribution in [0.5, 0.6) is 5.75 Å². The summed E-state index contributed by atoms with van der Waals surface area (Å²) < 4.78 is 21.0. The largest absolute Gasteiger partial charge is 0.497 e. The number of aliphatic hydroxyl groups is 1. The van der Waals surface area contributed by atoms with Crippen molar-refractivity contribution in [3.05, 3.63) is 40.3 Å². The van der Waals surface area contributed by atoms with E-state index in [1.54, 1.807) is 7.11 Å². The van der Waals surface area contributed by atoms with Crippen LogP contribution in [-0.4, -0.2) is 68.2 Å². The molecule has 1 aromatic rings. The SMILES string of the molecule is COc1ccc(COCC2OCC(NC(=O)COC(C)=O)C(O)C2N=[N+]=[N-])cc1. The van der Waals surface area contributed by atoms with Crippen molar-refractivity contribution >= 4 is 11.9 Å². The van der Waals surface area contributed by atoms with Gasteiger partial charge < -0.3 is 29.4 Å². The zero-order chi connectivity index (χ0) is 21.2. The third kappa shape index (κ3) is 6.91. The van der Waals surface area contributed by atoms with E-state index in [0.717, 1.165) is 11.3 Å². The maximum absolute atomic E-state index is 11.8. The van der Waals surface area contributed by atoms with Gasteiger partial charge in [0.25, 0.3) is 5.91 Å². The molecule has 1 aromatic carbocycles. The average Bonchev–Trinajstić information content (AvgIpc) is 2.71. The minimum absolute atomic E-state index is 0.0129. The number of nitrogens with one attached hydrogen (secondary N) is 1. The molecule has 2 N–H and O–H groups in total. The summed E-state index contributed by atoms with van der Waals surface area (Å²) in [5.41, 5.74) is 9.73. The topological polar surface area (TPSA) is 152 Å². The third-order valence-corrected chi connectivity index (χ3v) is 4.28. The van der Waals surface area contributed by atoms with Gasteiger partial charge in [-0.15, -0.1) is 0 Å². The molecule has 0 saturated carbocycles. The predicted octanol–water partition coefficient (Wildman–Crippen LogP) is 0.698.